The van der Waals surface area contributed by atoms with Crippen LogP contribution in [-0.2, 0) is 96.9 Å². The maximum Gasteiger partial charge on any atom is 0.248 e. The van der Waals surface area contributed by atoms with Crippen LogP contribution < -0.4 is 47.3 Å². The largest absolute Gasteiger partial charge is 0.487 e. The summed E-state index contributed by atoms with van der Waals surface area (Å²) in [5, 5.41) is 22.3. The van der Waals surface area contributed by atoms with Gasteiger partial charge in [0.05, 0.1) is 22.7 Å². The van der Waals surface area contributed by atoms with Crippen molar-refractivity contribution in [1.82, 2.24) is 25.6 Å². The molecule has 9 aromatic carbocycles. The molecule has 0 saturated carbocycles. The second kappa shape index (κ2) is 39.0. The van der Waals surface area contributed by atoms with Crippen molar-refractivity contribution in [1.29, 1.82) is 0 Å². The lowest BCUT2D eigenvalue weighted by atomic mass is 9.95. The minimum atomic E-state index is -0.706. The Bertz CT molecular complexity index is 4940. The molecule has 0 bridgehead atoms. The Labute approximate surface area is 662 Å². The number of ether oxygens (including phenoxy) is 3. The molecule has 110 heavy (non-hydrogen) atoms. The van der Waals surface area contributed by atoms with Crippen LogP contribution >= 0.6 is 28.3 Å². The highest BCUT2D eigenvalue weighted by molar-refractivity contribution is 9.09. The Morgan fingerprint density at radius 1 is 0.400 bits per heavy atom. The van der Waals surface area contributed by atoms with Crippen molar-refractivity contribution < 1.29 is 19.3 Å². The van der Waals surface area contributed by atoms with Gasteiger partial charge in [-0.3, -0.25) is 14.4 Å². The number of halogens is 2. The van der Waals surface area contributed by atoms with Crippen molar-refractivity contribution >= 4 is 61.0 Å². The fraction of sp³-hybridized carbons (Fsp3) is 0.337. The van der Waals surface area contributed by atoms with E-state index in [1.54, 1.807) is 18.2 Å². The monoisotopic (exact) mass is 1560 g/mol. The number of aryl methyl sites for hydroxylation is 6. The molecule has 15 heteroatoms. The third kappa shape index (κ3) is 20.2. The van der Waals surface area contributed by atoms with Crippen LogP contribution in [0.15, 0.2) is 215 Å². The SMILES string of the molecule is CCc1cc2c(cc1CC)CC(N)C2.CCc1cc2c(cc1CC)CC(NC[C@H](C)c1ccc(OCc3ccccc3)c3[nH]c(=O)ccc13)C2.CCc1cc2c(cc1CC)CC(NC[C@H](O)c1ccc(OCc3ccccc3)c3[nH]c(=O)ccc13)C2.C[C@@H](CBr)c1ccc(OCc2ccccc2)c2[nH]c(=O)ccc12.Cl. The number of aromatic amines is 3. The number of nitrogens with one attached hydrogen (secondary N) is 5. The van der Waals surface area contributed by atoms with E-state index in [1.807, 2.05) is 127 Å². The van der Waals surface area contributed by atoms with E-state index in [1.165, 1.54) is 84.0 Å². The molecular weight excluding hydrogens is 1450 g/mol. The number of aromatic nitrogens is 3. The molecule has 574 valence electrons. The Morgan fingerprint density at radius 3 is 1.01 bits per heavy atom. The summed E-state index contributed by atoms with van der Waals surface area (Å²) in [6.07, 6.45) is 12.2. The molecule has 3 aliphatic carbocycles. The van der Waals surface area contributed by atoms with Gasteiger partial charge in [-0.2, -0.15) is 0 Å². The molecule has 3 heterocycles. The summed E-state index contributed by atoms with van der Waals surface area (Å²) in [6.45, 7) is 20.5. The van der Waals surface area contributed by atoms with Crippen molar-refractivity contribution in [3.05, 3.63) is 331 Å². The van der Waals surface area contributed by atoms with E-state index < -0.39 is 6.10 Å². The number of pyridine rings is 3. The van der Waals surface area contributed by atoms with Crippen LogP contribution in [0.5, 0.6) is 17.2 Å². The minimum absolute atomic E-state index is 0. The highest BCUT2D eigenvalue weighted by Gasteiger charge is 2.27. The second-order valence-electron chi connectivity index (χ2n) is 29.6. The van der Waals surface area contributed by atoms with E-state index in [9.17, 15) is 19.5 Å². The summed E-state index contributed by atoms with van der Waals surface area (Å²) < 4.78 is 18.1. The van der Waals surface area contributed by atoms with Gasteiger partial charge in [-0.25, -0.2) is 0 Å². The summed E-state index contributed by atoms with van der Waals surface area (Å²) in [6, 6.07) is 67.7. The van der Waals surface area contributed by atoms with Crippen LogP contribution in [0.3, 0.4) is 0 Å². The zero-order valence-electron chi connectivity index (χ0n) is 65.0. The Kier molecular flexibility index (Phi) is 28.9. The number of H-pyrrole nitrogens is 3. The van der Waals surface area contributed by atoms with Crippen LogP contribution in [0.4, 0.5) is 0 Å². The Balaban J connectivity index is 0.000000152. The van der Waals surface area contributed by atoms with Crippen LogP contribution in [0, 0.1) is 0 Å². The number of hydrogen-bond donors (Lipinski definition) is 7. The van der Waals surface area contributed by atoms with Crippen molar-refractivity contribution in [3.63, 3.8) is 0 Å². The lowest BCUT2D eigenvalue weighted by Crippen LogP contribution is -2.33. The molecule has 15 rings (SSSR count). The Hall–Kier alpha value is -9.38. The number of hydrogen-bond acceptors (Lipinski definition) is 10. The van der Waals surface area contributed by atoms with Gasteiger partial charge in [0.15, 0.2) is 0 Å². The van der Waals surface area contributed by atoms with E-state index in [0.717, 1.165) is 138 Å². The van der Waals surface area contributed by atoms with Gasteiger partial charge in [-0.15, -0.1) is 12.4 Å². The first kappa shape index (κ1) is 81.6. The van der Waals surface area contributed by atoms with E-state index in [-0.39, 0.29) is 29.1 Å². The zero-order chi connectivity index (χ0) is 76.5. The molecule has 0 saturated heterocycles. The summed E-state index contributed by atoms with van der Waals surface area (Å²) in [5.74, 6) is 2.65. The molecule has 3 aromatic heterocycles. The lowest BCUT2D eigenvalue weighted by molar-refractivity contribution is 0.171. The van der Waals surface area contributed by atoms with Crippen molar-refractivity contribution in [2.24, 2.45) is 5.73 Å². The van der Waals surface area contributed by atoms with Gasteiger partial charge in [0.1, 0.15) is 37.1 Å². The number of alkyl halides is 1. The molecule has 12 aromatic rings. The molecule has 0 spiro atoms. The van der Waals surface area contributed by atoms with Gasteiger partial charge in [0.2, 0.25) is 16.7 Å². The maximum atomic E-state index is 12.2. The van der Waals surface area contributed by atoms with Gasteiger partial charge in [0.25, 0.3) is 0 Å². The van der Waals surface area contributed by atoms with Crippen LogP contribution in [-0.4, -0.2) is 56.6 Å². The van der Waals surface area contributed by atoms with Gasteiger partial charge in [-0.1, -0.05) is 217 Å². The average Bonchev–Trinajstić information content (AvgIpc) is 1.47. The number of fused-ring (bicyclic) bond motifs is 6. The highest BCUT2D eigenvalue weighted by atomic mass is 79.9. The van der Waals surface area contributed by atoms with Crippen molar-refractivity contribution in [2.75, 3.05) is 18.4 Å². The van der Waals surface area contributed by atoms with E-state index in [4.69, 9.17) is 19.9 Å². The van der Waals surface area contributed by atoms with Gasteiger partial charge >= 0.3 is 0 Å². The number of benzene rings is 9. The third-order valence-electron chi connectivity index (χ3n) is 22.0. The fourth-order valence-corrected chi connectivity index (χ4v) is 16.4. The van der Waals surface area contributed by atoms with Crippen molar-refractivity contribution in [3.8, 4) is 17.2 Å². The normalized spacial score (nSPS) is 13.9. The first-order valence-electron chi connectivity index (χ1n) is 39.4. The predicted octanol–water partition coefficient (Wildman–Crippen LogP) is 18.4. The molecule has 0 fully saturated rings. The summed E-state index contributed by atoms with van der Waals surface area (Å²) >= 11 is 3.53. The van der Waals surface area contributed by atoms with Crippen molar-refractivity contribution in [2.45, 2.75) is 188 Å². The third-order valence-corrected chi connectivity index (χ3v) is 23.0. The van der Waals surface area contributed by atoms with Crippen LogP contribution in [0.1, 0.15) is 173 Å². The van der Waals surface area contributed by atoms with Gasteiger partial charge in [-0.05, 0) is 225 Å². The number of aliphatic hydroxyl groups is 1. The molecular formula is C95H108BrClN6O7. The summed E-state index contributed by atoms with van der Waals surface area (Å²) in [4.78, 5) is 44.9. The number of rotatable bonds is 25. The summed E-state index contributed by atoms with van der Waals surface area (Å²) in [7, 11) is 0. The molecule has 0 amide bonds. The second-order valence-corrected chi connectivity index (χ2v) is 30.2. The lowest BCUT2D eigenvalue weighted by Gasteiger charge is -2.20. The zero-order valence-corrected chi connectivity index (χ0v) is 67.4. The molecule has 8 N–H and O–H groups in total. The maximum absolute atomic E-state index is 12.2. The predicted molar refractivity (Wildman–Crippen MR) is 458 cm³/mol. The quantitative estimate of drug-likeness (QED) is 0.0271. The topological polar surface area (TPSA) is 197 Å². The molecule has 3 aliphatic rings. The van der Waals surface area contributed by atoms with E-state index >= 15 is 0 Å². The Morgan fingerprint density at radius 2 is 0.691 bits per heavy atom. The average molecular weight is 1560 g/mol. The highest BCUT2D eigenvalue weighted by Crippen LogP contribution is 2.36. The molecule has 0 unspecified atom stereocenters. The van der Waals surface area contributed by atoms with Gasteiger partial charge < -0.3 is 50.6 Å². The van der Waals surface area contributed by atoms with E-state index in [2.05, 4.69) is 145 Å². The molecule has 13 nitrogen and oxygen atoms in total. The smallest absolute Gasteiger partial charge is 0.248 e. The standard InChI is InChI=1S/C32H36N2O2.C31H34N2O3.C19H18BrNO2.C13H19N.ClH/c1-4-23-15-25-17-27(18-26(25)16-24(23)5-2)33-19-21(3)28-11-13-30(32-29(28)12-14-31(35)34-32)36-20-22-9-7-6-8-10-22;1-3-21-14-23-16-25(17-24(23)15-22(21)4-2)32-18-28(34)26-10-12-29(31-27(26)11-13-30(35)33-31)36-19-20-8-6-5-7-9-20;1-13(11-20)15-7-9-17(19-16(15)8-10-18(22)21-19)23-12-14-5-3-2-4-6-14;1-3-9-5-11-7-13(14)8-12(11)6-10(9)4-2;/h6-16,21,27,33H,4-5,17-20H2,1-3H3,(H,34,35);5-15,25,28,32,34H,3-4,16-19H2,1-2H3,(H,33,35);2-10,13H,11-12H2,1H3,(H,21,22);5-6,13H,3-4,7-8,14H2,1-2H3;1H/t21-;28-;13-;;/m000../s1. The van der Waals surface area contributed by atoms with Gasteiger partial charge in [0, 0.05) is 70.9 Å². The fourth-order valence-electron chi connectivity index (χ4n) is 16.0. The first-order valence-corrected chi connectivity index (χ1v) is 40.5. The number of aliphatic hydroxyl groups excluding tert-OH is 1. The van der Waals surface area contributed by atoms with Crippen LogP contribution in [0.2, 0.25) is 0 Å². The molecule has 3 atom stereocenters. The molecule has 0 radical (unpaired) electrons. The summed E-state index contributed by atoms with van der Waals surface area (Å²) in [5.41, 5.74) is 31.9. The van der Waals surface area contributed by atoms with Crippen LogP contribution in [0.25, 0.3) is 32.7 Å². The number of nitrogens with two attached hydrogens (primary N) is 1. The molecule has 0 aliphatic heterocycles. The first-order chi connectivity index (χ1) is 53.0. The van der Waals surface area contributed by atoms with E-state index in [0.29, 0.717) is 79.1 Å². The minimum Gasteiger partial charge on any atom is -0.487 e.